The van der Waals surface area contributed by atoms with E-state index in [1.807, 2.05) is 6.92 Å². The van der Waals surface area contributed by atoms with Gasteiger partial charge in [-0.3, -0.25) is 0 Å². The van der Waals surface area contributed by atoms with Crippen LogP contribution in [0.5, 0.6) is 0 Å². The van der Waals surface area contributed by atoms with Gasteiger partial charge in [0.15, 0.2) is 0 Å². The monoisotopic (exact) mass is 239 g/mol. The minimum absolute atomic E-state index is 0.115. The summed E-state index contributed by atoms with van der Waals surface area (Å²) in [7, 11) is 0. The van der Waals surface area contributed by atoms with Gasteiger partial charge >= 0.3 is 5.97 Å². The van der Waals surface area contributed by atoms with Gasteiger partial charge in [0.2, 0.25) is 5.28 Å². The number of hydrogen-bond donors (Lipinski definition) is 1. The lowest BCUT2D eigenvalue weighted by Crippen LogP contribution is -2.15. The first-order valence-electron chi connectivity index (χ1n) is 4.73. The predicted octanol–water partition coefficient (Wildman–Crippen LogP) is 2.04. The molecule has 0 aliphatic heterocycles. The van der Waals surface area contributed by atoms with Crippen molar-refractivity contribution in [2.75, 3.05) is 0 Å². The fourth-order valence-corrected chi connectivity index (χ4v) is 1.71. The number of carboxylic acid groups (broad SMARTS) is 1. The third kappa shape index (κ3) is 1.63. The first-order valence-corrected chi connectivity index (χ1v) is 5.11. The number of nitrogens with zero attached hydrogens (tertiary/aromatic N) is 3. The molecular weight excluding hydrogens is 230 g/mol. The maximum atomic E-state index is 10.9. The standard InChI is InChI=1S/C10H10ClN3O2/c1-5-4-14(6(2)9(15)16)8-7(5)3-12-10(11)13-8/h3-4,6H,1-2H3,(H,15,16). The van der Waals surface area contributed by atoms with E-state index < -0.39 is 12.0 Å². The van der Waals surface area contributed by atoms with E-state index in [4.69, 9.17) is 16.7 Å². The predicted molar refractivity (Wildman–Crippen MR) is 59.6 cm³/mol. The fourth-order valence-electron chi connectivity index (χ4n) is 1.58. The molecular formula is C10H10ClN3O2. The minimum atomic E-state index is -0.911. The maximum Gasteiger partial charge on any atom is 0.326 e. The molecule has 0 bridgehead atoms. The van der Waals surface area contributed by atoms with Gasteiger partial charge in [0, 0.05) is 17.8 Å². The van der Waals surface area contributed by atoms with Crippen LogP contribution in [0.2, 0.25) is 5.28 Å². The van der Waals surface area contributed by atoms with E-state index in [0.717, 1.165) is 10.9 Å². The van der Waals surface area contributed by atoms with Crippen LogP contribution < -0.4 is 0 Å². The zero-order chi connectivity index (χ0) is 11.9. The fraction of sp³-hybridized carbons (Fsp3) is 0.300. The molecule has 5 nitrogen and oxygen atoms in total. The molecule has 0 saturated heterocycles. The molecule has 2 rings (SSSR count). The van der Waals surface area contributed by atoms with E-state index in [2.05, 4.69) is 9.97 Å². The molecule has 0 aliphatic rings. The second-order valence-corrected chi connectivity index (χ2v) is 3.95. The van der Waals surface area contributed by atoms with Crippen molar-refractivity contribution in [2.45, 2.75) is 19.9 Å². The van der Waals surface area contributed by atoms with Crippen LogP contribution in [0.25, 0.3) is 11.0 Å². The summed E-state index contributed by atoms with van der Waals surface area (Å²) in [5.41, 5.74) is 1.48. The van der Waals surface area contributed by atoms with Gasteiger partial charge < -0.3 is 9.67 Å². The van der Waals surface area contributed by atoms with Crippen molar-refractivity contribution in [3.05, 3.63) is 23.2 Å². The highest BCUT2D eigenvalue weighted by Crippen LogP contribution is 2.23. The zero-order valence-corrected chi connectivity index (χ0v) is 9.56. The van der Waals surface area contributed by atoms with Gasteiger partial charge in [-0.1, -0.05) is 0 Å². The first kappa shape index (κ1) is 10.9. The molecule has 2 aromatic rings. The SMILES string of the molecule is Cc1cn(C(C)C(=O)O)c2nc(Cl)ncc12. The van der Waals surface area contributed by atoms with Crippen LogP contribution in [0.15, 0.2) is 12.4 Å². The second kappa shape index (κ2) is 3.75. The Morgan fingerprint density at radius 2 is 2.31 bits per heavy atom. The van der Waals surface area contributed by atoms with Gasteiger partial charge in [0.05, 0.1) is 0 Å². The van der Waals surface area contributed by atoms with Gasteiger partial charge in [-0.25, -0.2) is 9.78 Å². The Hall–Kier alpha value is -1.62. The molecule has 84 valence electrons. The smallest absolute Gasteiger partial charge is 0.326 e. The van der Waals surface area contributed by atoms with E-state index >= 15 is 0 Å². The van der Waals surface area contributed by atoms with Crippen LogP contribution in [-0.2, 0) is 4.79 Å². The van der Waals surface area contributed by atoms with Gasteiger partial charge in [-0.15, -0.1) is 0 Å². The van der Waals surface area contributed by atoms with E-state index in [1.54, 1.807) is 23.9 Å². The van der Waals surface area contributed by atoms with E-state index in [0.29, 0.717) is 5.65 Å². The number of rotatable bonds is 2. The molecule has 0 aliphatic carbocycles. The van der Waals surface area contributed by atoms with Crippen LogP contribution in [0, 0.1) is 6.92 Å². The van der Waals surface area contributed by atoms with Gasteiger partial charge in [0.25, 0.3) is 0 Å². The Bertz CT molecular complexity index is 564. The summed E-state index contributed by atoms with van der Waals surface area (Å²) in [5, 5.41) is 9.91. The maximum absolute atomic E-state index is 10.9. The lowest BCUT2D eigenvalue weighted by Gasteiger charge is -2.08. The number of aryl methyl sites for hydroxylation is 1. The molecule has 0 spiro atoms. The number of halogens is 1. The molecule has 1 unspecified atom stereocenters. The minimum Gasteiger partial charge on any atom is -0.480 e. The highest BCUT2D eigenvalue weighted by atomic mass is 35.5. The Balaban J connectivity index is 2.70. The van der Waals surface area contributed by atoms with Crippen LogP contribution in [0.4, 0.5) is 0 Å². The molecule has 0 aromatic carbocycles. The summed E-state index contributed by atoms with van der Waals surface area (Å²) in [6.45, 7) is 3.47. The number of carboxylic acids is 1. The van der Waals surface area contributed by atoms with Gasteiger partial charge in [-0.05, 0) is 31.0 Å². The van der Waals surface area contributed by atoms with Crippen LogP contribution >= 0.6 is 11.6 Å². The second-order valence-electron chi connectivity index (χ2n) is 3.61. The lowest BCUT2D eigenvalue weighted by molar-refractivity contribution is -0.140. The molecule has 2 heterocycles. The number of hydrogen-bond acceptors (Lipinski definition) is 3. The summed E-state index contributed by atoms with van der Waals surface area (Å²) < 4.78 is 1.58. The number of fused-ring (bicyclic) bond motifs is 1. The van der Waals surface area contributed by atoms with Crippen molar-refractivity contribution in [1.82, 2.24) is 14.5 Å². The third-order valence-electron chi connectivity index (χ3n) is 2.52. The molecule has 2 aromatic heterocycles. The molecule has 6 heteroatoms. The number of carbonyl (C=O) groups is 1. The molecule has 1 N–H and O–H groups in total. The van der Waals surface area contributed by atoms with Crippen molar-refractivity contribution in [2.24, 2.45) is 0 Å². The topological polar surface area (TPSA) is 68.0 Å². The third-order valence-corrected chi connectivity index (χ3v) is 2.70. The molecule has 0 radical (unpaired) electrons. The van der Waals surface area contributed by atoms with Crippen LogP contribution in [0.3, 0.4) is 0 Å². The Kier molecular flexibility index (Phi) is 2.55. The van der Waals surface area contributed by atoms with Crippen LogP contribution in [0.1, 0.15) is 18.5 Å². The van der Waals surface area contributed by atoms with E-state index in [9.17, 15) is 4.79 Å². The largest absolute Gasteiger partial charge is 0.480 e. The summed E-state index contributed by atoms with van der Waals surface area (Å²) >= 11 is 5.70. The van der Waals surface area contributed by atoms with Gasteiger partial charge in [-0.2, -0.15) is 4.98 Å². The highest BCUT2D eigenvalue weighted by molar-refractivity contribution is 6.28. The number of aromatic nitrogens is 3. The highest BCUT2D eigenvalue weighted by Gasteiger charge is 2.18. The van der Waals surface area contributed by atoms with Gasteiger partial charge in [0.1, 0.15) is 11.7 Å². The molecule has 16 heavy (non-hydrogen) atoms. The average molecular weight is 240 g/mol. The van der Waals surface area contributed by atoms with E-state index in [1.165, 1.54) is 0 Å². The Morgan fingerprint density at radius 1 is 1.62 bits per heavy atom. The molecule has 0 fully saturated rings. The van der Waals surface area contributed by atoms with Crippen molar-refractivity contribution in [3.63, 3.8) is 0 Å². The molecule has 1 atom stereocenters. The van der Waals surface area contributed by atoms with Crippen molar-refractivity contribution >= 4 is 28.6 Å². The van der Waals surface area contributed by atoms with Crippen molar-refractivity contribution in [3.8, 4) is 0 Å². The van der Waals surface area contributed by atoms with Crippen molar-refractivity contribution in [1.29, 1.82) is 0 Å². The van der Waals surface area contributed by atoms with Crippen molar-refractivity contribution < 1.29 is 9.90 Å². The lowest BCUT2D eigenvalue weighted by atomic mass is 10.3. The average Bonchev–Trinajstić information content (AvgIpc) is 2.54. The molecule has 0 saturated carbocycles. The summed E-state index contributed by atoms with van der Waals surface area (Å²) in [4.78, 5) is 18.9. The Labute approximate surface area is 96.7 Å². The number of aliphatic carboxylic acids is 1. The Morgan fingerprint density at radius 3 is 2.94 bits per heavy atom. The van der Waals surface area contributed by atoms with Crippen LogP contribution in [-0.4, -0.2) is 25.6 Å². The first-order chi connectivity index (χ1) is 7.50. The zero-order valence-electron chi connectivity index (χ0n) is 8.81. The van der Waals surface area contributed by atoms with E-state index in [-0.39, 0.29) is 5.28 Å². The summed E-state index contributed by atoms with van der Waals surface area (Å²) in [6, 6.07) is -0.679. The summed E-state index contributed by atoms with van der Waals surface area (Å²) in [5.74, 6) is -0.911. The molecule has 0 amide bonds. The quantitative estimate of drug-likeness (QED) is 0.815. The summed E-state index contributed by atoms with van der Waals surface area (Å²) in [6.07, 6.45) is 3.35. The normalized spacial score (nSPS) is 12.9.